The van der Waals surface area contributed by atoms with E-state index < -0.39 is 0 Å². The fourth-order valence-corrected chi connectivity index (χ4v) is 3.12. The van der Waals surface area contributed by atoms with Gasteiger partial charge in [-0.15, -0.1) is 0 Å². The normalized spacial score (nSPS) is 11.9. The van der Waals surface area contributed by atoms with E-state index >= 15 is 0 Å². The van der Waals surface area contributed by atoms with Crippen LogP contribution in [0.25, 0.3) is 0 Å². The Morgan fingerprint density at radius 2 is 2.04 bits per heavy atom. The Morgan fingerprint density at radius 1 is 1.27 bits per heavy atom. The van der Waals surface area contributed by atoms with E-state index in [0.29, 0.717) is 22.2 Å². The Bertz CT molecular complexity index is 951. The first kappa shape index (κ1) is 18.4. The molecule has 134 valence electrons. The molecule has 0 saturated carbocycles. The molecule has 2 aromatic carbocycles. The zero-order valence-electron chi connectivity index (χ0n) is 14.3. The second kappa shape index (κ2) is 8.29. The highest BCUT2D eigenvalue weighted by molar-refractivity contribution is 7.71. The fraction of sp³-hybridized carbons (Fsp3) is 0.211. The number of carbonyl (C=O) groups excluding carboxylic acids is 1. The average Bonchev–Trinajstić information content (AvgIpc) is 2.96. The van der Waals surface area contributed by atoms with Gasteiger partial charge in [-0.2, -0.15) is 5.10 Å². The van der Waals surface area contributed by atoms with Gasteiger partial charge in [0.1, 0.15) is 5.82 Å². The van der Waals surface area contributed by atoms with Crippen molar-refractivity contribution in [2.75, 3.05) is 0 Å². The number of benzene rings is 2. The van der Waals surface area contributed by atoms with E-state index in [4.69, 9.17) is 23.8 Å². The van der Waals surface area contributed by atoms with Gasteiger partial charge in [0.25, 0.3) is 0 Å². The summed E-state index contributed by atoms with van der Waals surface area (Å²) in [6, 6.07) is 17.2. The Balaban J connectivity index is 1.69. The standard InChI is InChI=1S/C19H19ClN4OS/c1-13(15-8-5-9-16(20)10-15)21-18(25)11-17-22-23-19(26)24(17)12-14-6-3-2-4-7-14/h2-10,13H,11-12H2,1H3,(H,21,25)(H,23,26). The molecule has 0 bridgehead atoms. The lowest BCUT2D eigenvalue weighted by molar-refractivity contribution is -0.121. The maximum absolute atomic E-state index is 12.4. The average molecular weight is 387 g/mol. The van der Waals surface area contributed by atoms with Crippen LogP contribution in [-0.2, 0) is 17.8 Å². The van der Waals surface area contributed by atoms with Crippen molar-refractivity contribution in [3.05, 3.63) is 81.3 Å². The third-order valence-corrected chi connectivity index (χ3v) is 4.61. The van der Waals surface area contributed by atoms with E-state index in [9.17, 15) is 4.79 Å². The van der Waals surface area contributed by atoms with E-state index in [0.717, 1.165) is 11.1 Å². The summed E-state index contributed by atoms with van der Waals surface area (Å²) >= 11 is 11.3. The minimum atomic E-state index is -0.148. The van der Waals surface area contributed by atoms with Crippen molar-refractivity contribution < 1.29 is 4.79 Å². The van der Waals surface area contributed by atoms with Crippen LogP contribution in [0, 0.1) is 4.77 Å². The van der Waals surface area contributed by atoms with Gasteiger partial charge >= 0.3 is 0 Å². The Kier molecular flexibility index (Phi) is 5.85. The van der Waals surface area contributed by atoms with Gasteiger partial charge in [-0.25, -0.2) is 0 Å². The first-order valence-electron chi connectivity index (χ1n) is 8.26. The smallest absolute Gasteiger partial charge is 0.228 e. The van der Waals surface area contributed by atoms with Gasteiger partial charge < -0.3 is 5.32 Å². The Morgan fingerprint density at radius 3 is 2.77 bits per heavy atom. The summed E-state index contributed by atoms with van der Waals surface area (Å²) in [4.78, 5) is 12.4. The number of rotatable bonds is 6. The molecule has 3 rings (SSSR count). The number of aromatic nitrogens is 3. The van der Waals surface area contributed by atoms with E-state index in [1.54, 1.807) is 6.07 Å². The molecule has 5 nitrogen and oxygen atoms in total. The van der Waals surface area contributed by atoms with Gasteiger partial charge in [-0.3, -0.25) is 14.5 Å². The quantitative estimate of drug-likeness (QED) is 0.628. The second-order valence-corrected chi connectivity index (χ2v) is 6.86. The van der Waals surface area contributed by atoms with Crippen molar-refractivity contribution in [2.24, 2.45) is 0 Å². The van der Waals surface area contributed by atoms with Gasteiger partial charge in [0.05, 0.1) is 19.0 Å². The van der Waals surface area contributed by atoms with Crippen LogP contribution in [0.5, 0.6) is 0 Å². The Labute approximate surface area is 162 Å². The van der Waals surface area contributed by atoms with Gasteiger partial charge in [-0.05, 0) is 42.4 Å². The molecule has 2 N–H and O–H groups in total. The highest BCUT2D eigenvalue weighted by atomic mass is 35.5. The van der Waals surface area contributed by atoms with E-state index in [1.165, 1.54) is 0 Å². The molecule has 1 amide bonds. The first-order chi connectivity index (χ1) is 12.5. The number of halogens is 1. The second-order valence-electron chi connectivity index (χ2n) is 6.04. The molecule has 1 atom stereocenters. The molecule has 0 fully saturated rings. The largest absolute Gasteiger partial charge is 0.349 e. The molecule has 0 radical (unpaired) electrons. The molecule has 1 unspecified atom stereocenters. The molecular formula is C19H19ClN4OS. The van der Waals surface area contributed by atoms with E-state index in [-0.39, 0.29) is 18.4 Å². The molecule has 1 heterocycles. The first-order valence-corrected chi connectivity index (χ1v) is 9.04. The molecule has 0 aliphatic carbocycles. The summed E-state index contributed by atoms with van der Waals surface area (Å²) in [6.45, 7) is 2.49. The number of nitrogens with zero attached hydrogens (tertiary/aromatic N) is 2. The van der Waals surface area contributed by atoms with Crippen LogP contribution >= 0.6 is 23.8 Å². The lowest BCUT2D eigenvalue weighted by Gasteiger charge is -2.15. The van der Waals surface area contributed by atoms with Crippen LogP contribution in [0.2, 0.25) is 5.02 Å². The maximum Gasteiger partial charge on any atom is 0.228 e. The summed E-state index contributed by atoms with van der Waals surface area (Å²) in [5.41, 5.74) is 2.05. The zero-order valence-corrected chi connectivity index (χ0v) is 15.8. The van der Waals surface area contributed by atoms with Crippen LogP contribution < -0.4 is 5.32 Å². The molecule has 3 aromatic rings. The van der Waals surface area contributed by atoms with Crippen molar-refractivity contribution in [3.8, 4) is 0 Å². The van der Waals surface area contributed by atoms with Gasteiger partial charge in [0.2, 0.25) is 5.91 Å². The predicted molar refractivity (Wildman–Crippen MR) is 105 cm³/mol. The highest BCUT2D eigenvalue weighted by Crippen LogP contribution is 2.17. The molecule has 1 aromatic heterocycles. The molecule has 0 aliphatic rings. The zero-order chi connectivity index (χ0) is 18.5. The molecule has 26 heavy (non-hydrogen) atoms. The molecule has 0 aliphatic heterocycles. The van der Waals surface area contributed by atoms with Gasteiger partial charge in [0, 0.05) is 5.02 Å². The Hall–Kier alpha value is -2.44. The minimum Gasteiger partial charge on any atom is -0.349 e. The van der Waals surface area contributed by atoms with Crippen LogP contribution in [0.1, 0.15) is 29.9 Å². The lowest BCUT2D eigenvalue weighted by Crippen LogP contribution is -2.29. The number of amides is 1. The number of H-pyrrole nitrogens is 1. The summed E-state index contributed by atoms with van der Waals surface area (Å²) < 4.78 is 2.34. The van der Waals surface area contributed by atoms with Crippen molar-refractivity contribution in [2.45, 2.75) is 25.9 Å². The fourth-order valence-electron chi connectivity index (χ4n) is 2.71. The third-order valence-electron chi connectivity index (χ3n) is 4.07. The number of hydrogen-bond acceptors (Lipinski definition) is 3. The van der Waals surface area contributed by atoms with Crippen molar-refractivity contribution in [1.82, 2.24) is 20.1 Å². The molecule has 0 spiro atoms. The lowest BCUT2D eigenvalue weighted by atomic mass is 10.1. The van der Waals surface area contributed by atoms with Crippen LogP contribution in [0.4, 0.5) is 0 Å². The number of hydrogen-bond donors (Lipinski definition) is 2. The highest BCUT2D eigenvalue weighted by Gasteiger charge is 2.15. The number of nitrogens with one attached hydrogen (secondary N) is 2. The van der Waals surface area contributed by atoms with E-state index in [1.807, 2.05) is 60.0 Å². The van der Waals surface area contributed by atoms with Gasteiger partial charge in [-0.1, -0.05) is 54.1 Å². The van der Waals surface area contributed by atoms with E-state index in [2.05, 4.69) is 15.5 Å². The summed E-state index contributed by atoms with van der Waals surface area (Å²) in [5.74, 6) is 0.482. The predicted octanol–water partition coefficient (Wildman–Crippen LogP) is 4.06. The van der Waals surface area contributed by atoms with Crippen LogP contribution in [-0.4, -0.2) is 20.7 Å². The van der Waals surface area contributed by atoms with Crippen LogP contribution in [0.15, 0.2) is 54.6 Å². The molecule has 0 saturated heterocycles. The van der Waals surface area contributed by atoms with Crippen molar-refractivity contribution in [3.63, 3.8) is 0 Å². The summed E-state index contributed by atoms with van der Waals surface area (Å²) in [5, 5.41) is 10.6. The minimum absolute atomic E-state index is 0.124. The third kappa shape index (κ3) is 4.59. The van der Waals surface area contributed by atoms with Crippen LogP contribution in [0.3, 0.4) is 0 Å². The number of aromatic amines is 1. The topological polar surface area (TPSA) is 62.7 Å². The van der Waals surface area contributed by atoms with Crippen molar-refractivity contribution >= 4 is 29.7 Å². The maximum atomic E-state index is 12.4. The summed E-state index contributed by atoms with van der Waals surface area (Å²) in [7, 11) is 0. The molecule has 7 heteroatoms. The number of carbonyl (C=O) groups is 1. The van der Waals surface area contributed by atoms with Gasteiger partial charge in [0.15, 0.2) is 4.77 Å². The summed E-state index contributed by atoms with van der Waals surface area (Å²) in [6.07, 6.45) is 0.144. The van der Waals surface area contributed by atoms with Crippen molar-refractivity contribution in [1.29, 1.82) is 0 Å². The molecular weight excluding hydrogens is 368 g/mol. The SMILES string of the molecule is CC(NC(=O)Cc1n[nH]c(=S)n1Cc1ccccc1)c1cccc(Cl)c1. The monoisotopic (exact) mass is 386 g/mol.